The second kappa shape index (κ2) is 8.00. The molecular formula is C18H29BrN2. The Morgan fingerprint density at radius 3 is 2.57 bits per heavy atom. The molecule has 1 aromatic rings. The van der Waals surface area contributed by atoms with Crippen LogP contribution in [0.15, 0.2) is 35.3 Å². The molecular weight excluding hydrogens is 324 g/mol. The summed E-state index contributed by atoms with van der Waals surface area (Å²) in [5.74, 6) is 0. The summed E-state index contributed by atoms with van der Waals surface area (Å²) in [6.07, 6.45) is 3.12. The zero-order chi connectivity index (χ0) is 16.0. The van der Waals surface area contributed by atoms with Crippen LogP contribution in [0.1, 0.15) is 52.6 Å². The average Bonchev–Trinajstić information content (AvgIpc) is 2.41. The number of rotatable bonds is 7. The van der Waals surface area contributed by atoms with Gasteiger partial charge in [-0.3, -0.25) is 0 Å². The first kappa shape index (κ1) is 18.2. The monoisotopic (exact) mass is 352 g/mol. The Bertz CT molecular complexity index is 463. The molecule has 1 atom stereocenters. The minimum absolute atomic E-state index is 0.0568. The van der Waals surface area contributed by atoms with E-state index < -0.39 is 0 Å². The van der Waals surface area contributed by atoms with E-state index in [4.69, 9.17) is 0 Å². The molecule has 0 fully saturated rings. The van der Waals surface area contributed by atoms with Crippen LogP contribution in [0, 0.1) is 0 Å². The molecule has 0 heterocycles. The molecule has 1 rings (SSSR count). The molecule has 0 amide bonds. The molecule has 3 heteroatoms. The quantitative estimate of drug-likeness (QED) is 0.669. The van der Waals surface area contributed by atoms with E-state index in [2.05, 4.69) is 85.5 Å². The molecule has 0 aliphatic heterocycles. The van der Waals surface area contributed by atoms with Gasteiger partial charge in [0.1, 0.15) is 0 Å². The number of nitrogens with one attached hydrogen (secondary N) is 1. The summed E-state index contributed by atoms with van der Waals surface area (Å²) in [5.41, 5.74) is 2.66. The number of benzene rings is 1. The van der Waals surface area contributed by atoms with Crippen molar-refractivity contribution in [2.24, 2.45) is 0 Å². The van der Waals surface area contributed by atoms with Crippen molar-refractivity contribution in [2.45, 2.75) is 52.6 Å². The maximum atomic E-state index is 3.91. The summed E-state index contributed by atoms with van der Waals surface area (Å²) in [6, 6.07) is 6.88. The van der Waals surface area contributed by atoms with Crippen molar-refractivity contribution in [2.75, 3.05) is 18.0 Å². The fourth-order valence-corrected chi connectivity index (χ4v) is 2.83. The summed E-state index contributed by atoms with van der Waals surface area (Å²) < 4.78 is 1.12. The zero-order valence-electron chi connectivity index (χ0n) is 14.0. The highest BCUT2D eigenvalue weighted by Crippen LogP contribution is 2.33. The Morgan fingerprint density at radius 2 is 2.05 bits per heavy atom. The maximum Gasteiger partial charge on any atom is 0.0422 e. The van der Waals surface area contributed by atoms with Crippen LogP contribution >= 0.6 is 15.9 Å². The summed E-state index contributed by atoms with van der Waals surface area (Å²) in [5, 5.41) is 3.59. The molecule has 1 unspecified atom stereocenters. The van der Waals surface area contributed by atoms with Crippen molar-refractivity contribution in [1.82, 2.24) is 5.32 Å². The Hall–Kier alpha value is -0.800. The minimum atomic E-state index is 0.0568. The van der Waals surface area contributed by atoms with Crippen molar-refractivity contribution in [3.05, 3.63) is 40.9 Å². The van der Waals surface area contributed by atoms with E-state index in [9.17, 15) is 0 Å². The predicted molar refractivity (Wildman–Crippen MR) is 98.1 cm³/mol. The Labute approximate surface area is 138 Å². The molecule has 118 valence electrons. The number of hydrogen-bond acceptors (Lipinski definition) is 2. The van der Waals surface area contributed by atoms with Crippen LogP contribution in [-0.2, 0) is 0 Å². The largest absolute Gasteiger partial charge is 0.363 e. The number of nitrogens with zero attached hydrogens (tertiary/aromatic N) is 1. The lowest BCUT2D eigenvalue weighted by atomic mass is 9.99. The maximum absolute atomic E-state index is 3.91. The minimum Gasteiger partial charge on any atom is -0.363 e. The van der Waals surface area contributed by atoms with E-state index in [-0.39, 0.29) is 5.54 Å². The molecule has 0 saturated carbocycles. The van der Waals surface area contributed by atoms with Crippen LogP contribution in [0.2, 0.25) is 0 Å². The third-order valence-electron chi connectivity index (χ3n) is 3.57. The van der Waals surface area contributed by atoms with Crippen molar-refractivity contribution in [3.63, 3.8) is 0 Å². The summed E-state index contributed by atoms with van der Waals surface area (Å²) in [6.45, 7) is 16.9. The first-order valence-electron chi connectivity index (χ1n) is 7.72. The molecule has 0 bridgehead atoms. The molecule has 0 radical (unpaired) electrons. The Morgan fingerprint density at radius 1 is 1.38 bits per heavy atom. The fourth-order valence-electron chi connectivity index (χ4n) is 2.45. The SMILES string of the molecule is C=CCN(c1ccc(Br)cc1C(C)NCCC)C(C)(C)C. The topological polar surface area (TPSA) is 15.3 Å². The molecule has 0 aliphatic carbocycles. The molecule has 2 nitrogen and oxygen atoms in total. The summed E-state index contributed by atoms with van der Waals surface area (Å²) >= 11 is 3.60. The molecule has 1 N–H and O–H groups in total. The summed E-state index contributed by atoms with van der Waals surface area (Å²) in [7, 11) is 0. The first-order chi connectivity index (χ1) is 9.81. The van der Waals surface area contributed by atoms with Gasteiger partial charge in [-0.2, -0.15) is 0 Å². The van der Waals surface area contributed by atoms with Gasteiger partial charge in [0.25, 0.3) is 0 Å². The van der Waals surface area contributed by atoms with Crippen molar-refractivity contribution in [1.29, 1.82) is 0 Å². The van der Waals surface area contributed by atoms with Crippen LogP contribution in [0.25, 0.3) is 0 Å². The molecule has 0 aromatic heterocycles. The smallest absolute Gasteiger partial charge is 0.0422 e. The van der Waals surface area contributed by atoms with E-state index >= 15 is 0 Å². The predicted octanol–water partition coefficient (Wildman–Crippen LogP) is 5.30. The molecule has 0 aliphatic rings. The van der Waals surface area contributed by atoms with Crippen LogP contribution in [0.5, 0.6) is 0 Å². The van der Waals surface area contributed by atoms with Crippen LogP contribution < -0.4 is 10.2 Å². The van der Waals surface area contributed by atoms with Crippen molar-refractivity contribution in [3.8, 4) is 0 Å². The van der Waals surface area contributed by atoms with E-state index in [0.717, 1.165) is 24.0 Å². The molecule has 21 heavy (non-hydrogen) atoms. The fraction of sp³-hybridized carbons (Fsp3) is 0.556. The van der Waals surface area contributed by atoms with Gasteiger partial charge < -0.3 is 10.2 Å². The number of anilines is 1. The van der Waals surface area contributed by atoms with Crippen LogP contribution in [-0.4, -0.2) is 18.6 Å². The van der Waals surface area contributed by atoms with Crippen molar-refractivity contribution < 1.29 is 0 Å². The van der Waals surface area contributed by atoms with Gasteiger partial charge in [-0.15, -0.1) is 6.58 Å². The summed E-state index contributed by atoms with van der Waals surface area (Å²) in [4.78, 5) is 2.41. The van der Waals surface area contributed by atoms with E-state index in [0.29, 0.717) is 6.04 Å². The van der Waals surface area contributed by atoms with Gasteiger partial charge in [0, 0.05) is 28.3 Å². The van der Waals surface area contributed by atoms with Gasteiger partial charge in [-0.05, 0) is 64.4 Å². The van der Waals surface area contributed by atoms with Crippen LogP contribution in [0.3, 0.4) is 0 Å². The molecule has 1 aromatic carbocycles. The number of hydrogen-bond donors (Lipinski definition) is 1. The van der Waals surface area contributed by atoms with E-state index in [1.54, 1.807) is 0 Å². The van der Waals surface area contributed by atoms with Crippen LogP contribution in [0.4, 0.5) is 5.69 Å². The third-order valence-corrected chi connectivity index (χ3v) is 4.06. The van der Waals surface area contributed by atoms with Gasteiger partial charge in [0.05, 0.1) is 0 Å². The van der Waals surface area contributed by atoms with Gasteiger partial charge >= 0.3 is 0 Å². The lowest BCUT2D eigenvalue weighted by Crippen LogP contribution is -2.42. The normalized spacial score (nSPS) is 13.0. The first-order valence-corrected chi connectivity index (χ1v) is 8.52. The highest BCUT2D eigenvalue weighted by molar-refractivity contribution is 9.10. The highest BCUT2D eigenvalue weighted by atomic mass is 79.9. The third kappa shape index (κ3) is 5.15. The van der Waals surface area contributed by atoms with E-state index in [1.807, 2.05) is 6.08 Å². The highest BCUT2D eigenvalue weighted by Gasteiger charge is 2.24. The second-order valence-electron chi connectivity index (χ2n) is 6.45. The van der Waals surface area contributed by atoms with Crippen molar-refractivity contribution >= 4 is 21.6 Å². The average molecular weight is 353 g/mol. The molecule has 0 spiro atoms. The Balaban J connectivity index is 3.23. The van der Waals surface area contributed by atoms with Gasteiger partial charge in [0.2, 0.25) is 0 Å². The lowest BCUT2D eigenvalue weighted by Gasteiger charge is -2.39. The van der Waals surface area contributed by atoms with Gasteiger partial charge in [0.15, 0.2) is 0 Å². The zero-order valence-corrected chi connectivity index (χ0v) is 15.6. The number of halogens is 1. The lowest BCUT2D eigenvalue weighted by molar-refractivity contribution is 0.513. The van der Waals surface area contributed by atoms with E-state index in [1.165, 1.54) is 11.3 Å². The molecule has 0 saturated heterocycles. The standard InChI is InChI=1S/C18H29BrN2/c1-7-11-20-14(3)16-13-15(19)9-10-17(16)21(12-8-2)18(4,5)6/h8-10,13-14,20H,2,7,11-12H2,1,3-6H3. The van der Waals surface area contributed by atoms with Gasteiger partial charge in [-0.25, -0.2) is 0 Å². The second-order valence-corrected chi connectivity index (χ2v) is 7.36. The Kier molecular flexibility index (Phi) is 6.95. The van der Waals surface area contributed by atoms with Gasteiger partial charge in [-0.1, -0.05) is 28.9 Å².